The summed E-state index contributed by atoms with van der Waals surface area (Å²) in [6.45, 7) is 12.4. The maximum Gasteiger partial charge on any atom is 0.319 e. The molecule has 0 heterocycles. The van der Waals surface area contributed by atoms with Crippen molar-refractivity contribution in [1.82, 2.24) is 10.0 Å². The predicted molar refractivity (Wildman–Crippen MR) is 120 cm³/mol. The van der Waals surface area contributed by atoms with Gasteiger partial charge in [0.05, 0.1) is 6.04 Å². The molecule has 7 heteroatoms. The molecule has 0 bridgehead atoms. The first-order valence-electron chi connectivity index (χ1n) is 9.38. The fourth-order valence-corrected chi connectivity index (χ4v) is 3.15. The van der Waals surface area contributed by atoms with Crippen LogP contribution in [-0.2, 0) is 23.2 Å². The number of hydrogen-bond acceptors (Lipinski definition) is 2. The van der Waals surface area contributed by atoms with Crippen LogP contribution in [0, 0.1) is 0 Å². The zero-order valence-electron chi connectivity index (χ0n) is 17.3. The van der Waals surface area contributed by atoms with E-state index >= 15 is 0 Å². The van der Waals surface area contributed by atoms with Crippen LogP contribution in [0.15, 0.2) is 49.0 Å². The number of anilines is 1. The quantitative estimate of drug-likeness (QED) is 0.493. The van der Waals surface area contributed by atoms with Gasteiger partial charge in [-0.25, -0.2) is 13.7 Å². The van der Waals surface area contributed by atoms with Crippen molar-refractivity contribution in [2.24, 2.45) is 0 Å². The van der Waals surface area contributed by atoms with Crippen molar-refractivity contribution in [1.29, 1.82) is 0 Å². The molecule has 0 aromatic heterocycles. The summed E-state index contributed by atoms with van der Waals surface area (Å²) < 4.78 is 22.1. The van der Waals surface area contributed by atoms with E-state index in [0.29, 0.717) is 0 Å². The van der Waals surface area contributed by atoms with Crippen molar-refractivity contribution >= 4 is 29.1 Å². The molecule has 2 unspecified atom stereocenters. The molecule has 2 amide bonds. The number of hydrogen-bond donors (Lipinski definition) is 4. The van der Waals surface area contributed by atoms with Crippen molar-refractivity contribution in [3.63, 3.8) is 0 Å². The summed E-state index contributed by atoms with van der Waals surface area (Å²) in [4.78, 5) is 12.4. The van der Waals surface area contributed by atoms with Crippen LogP contribution in [0.3, 0.4) is 0 Å². The van der Waals surface area contributed by atoms with E-state index in [1.54, 1.807) is 6.08 Å². The summed E-state index contributed by atoms with van der Waals surface area (Å²) in [6.07, 6.45) is 1.68. The van der Waals surface area contributed by atoms with Gasteiger partial charge in [-0.2, -0.15) is 0 Å². The molecule has 4 N–H and O–H groups in total. The van der Waals surface area contributed by atoms with Gasteiger partial charge in [-0.3, -0.25) is 4.55 Å². The maximum absolute atomic E-state index is 12.4. The molecule has 0 aliphatic rings. The molecule has 0 aliphatic heterocycles. The van der Waals surface area contributed by atoms with Crippen LogP contribution in [0.5, 0.6) is 0 Å². The summed E-state index contributed by atoms with van der Waals surface area (Å²) in [5.74, 6) is 0. The first kappa shape index (κ1) is 22.8. The molecule has 0 saturated carbocycles. The molecule has 0 spiro atoms. The Bertz CT molecular complexity index is 889. The van der Waals surface area contributed by atoms with Crippen molar-refractivity contribution in [3.8, 4) is 0 Å². The summed E-state index contributed by atoms with van der Waals surface area (Å²) in [6, 6.07) is 13.0. The van der Waals surface area contributed by atoms with Crippen molar-refractivity contribution in [2.75, 3.05) is 5.32 Å². The predicted octanol–water partition coefficient (Wildman–Crippen LogP) is 4.74. The summed E-state index contributed by atoms with van der Waals surface area (Å²) >= 11 is -2.07. The Morgan fingerprint density at radius 2 is 1.86 bits per heavy atom. The Balaban J connectivity index is 2.01. The number of rotatable bonds is 7. The molecule has 0 radical (unpaired) electrons. The van der Waals surface area contributed by atoms with Gasteiger partial charge in [0, 0.05) is 12.2 Å². The van der Waals surface area contributed by atoms with Crippen molar-refractivity contribution in [2.45, 2.75) is 45.7 Å². The van der Waals surface area contributed by atoms with Crippen LogP contribution in [0.25, 0.3) is 6.08 Å². The molecule has 2 aromatic rings. The fourth-order valence-electron chi connectivity index (χ4n) is 2.87. The number of carbonyl (C=O) groups excluding carboxylic acids is 1. The third-order valence-corrected chi connectivity index (χ3v) is 5.02. The lowest BCUT2D eigenvalue weighted by atomic mass is 9.87. The lowest BCUT2D eigenvalue weighted by Gasteiger charge is -2.20. The molecule has 156 valence electrons. The standard InChI is InChI=1S/C22H29N3O3S/c1-6-16-13-17(7-8-18(16)14-23-29(27)28)15(2)24-21(26)25-20-11-9-19(10-12-20)22(3,4)5/h6-13,15,23H,1,14H2,2-5H3,(H,27,28)(H2,24,25,26). The van der Waals surface area contributed by atoms with E-state index in [9.17, 15) is 9.00 Å². The normalized spacial score (nSPS) is 13.4. The number of urea groups is 1. The second kappa shape index (κ2) is 9.82. The highest BCUT2D eigenvalue weighted by molar-refractivity contribution is 7.77. The van der Waals surface area contributed by atoms with Gasteiger partial charge in [-0.15, -0.1) is 0 Å². The Morgan fingerprint density at radius 1 is 1.21 bits per heavy atom. The minimum Gasteiger partial charge on any atom is -0.331 e. The van der Waals surface area contributed by atoms with Gasteiger partial charge in [0.15, 0.2) is 0 Å². The number of amides is 2. The Morgan fingerprint density at radius 3 is 2.41 bits per heavy atom. The molecule has 2 atom stereocenters. The molecule has 2 rings (SSSR count). The lowest BCUT2D eigenvalue weighted by Crippen LogP contribution is -2.31. The van der Waals surface area contributed by atoms with E-state index in [1.807, 2.05) is 49.4 Å². The highest BCUT2D eigenvalue weighted by Crippen LogP contribution is 2.24. The SMILES string of the molecule is C=Cc1cc(C(C)NC(=O)Nc2ccc(C(C)(C)C)cc2)ccc1CNS(=O)O. The van der Waals surface area contributed by atoms with Crippen molar-refractivity contribution < 1.29 is 13.6 Å². The average molecular weight is 416 g/mol. The van der Waals surface area contributed by atoms with Gasteiger partial charge in [-0.05, 0) is 52.8 Å². The van der Waals surface area contributed by atoms with Crippen LogP contribution >= 0.6 is 0 Å². The molecule has 0 fully saturated rings. The zero-order valence-corrected chi connectivity index (χ0v) is 18.1. The Hall–Kier alpha value is -2.48. The average Bonchev–Trinajstić information content (AvgIpc) is 2.65. The molecule has 2 aromatic carbocycles. The van der Waals surface area contributed by atoms with E-state index in [4.69, 9.17) is 4.55 Å². The summed E-state index contributed by atoms with van der Waals surface area (Å²) in [5.41, 5.74) is 4.59. The minimum atomic E-state index is -2.07. The monoisotopic (exact) mass is 415 g/mol. The van der Waals surface area contributed by atoms with E-state index in [0.717, 1.165) is 22.4 Å². The van der Waals surface area contributed by atoms with Crippen LogP contribution in [0.4, 0.5) is 10.5 Å². The molecule has 29 heavy (non-hydrogen) atoms. The third-order valence-electron chi connectivity index (χ3n) is 4.63. The molecular formula is C22H29N3O3S. The summed E-state index contributed by atoms with van der Waals surface area (Å²) in [5, 5.41) is 5.77. The van der Waals surface area contributed by atoms with Crippen LogP contribution < -0.4 is 15.4 Å². The number of nitrogens with one attached hydrogen (secondary N) is 3. The van der Waals surface area contributed by atoms with E-state index in [-0.39, 0.29) is 24.0 Å². The van der Waals surface area contributed by atoms with Crippen LogP contribution in [0.1, 0.15) is 56.0 Å². The smallest absolute Gasteiger partial charge is 0.319 e. The Kier molecular flexibility index (Phi) is 7.73. The topological polar surface area (TPSA) is 90.5 Å². The van der Waals surface area contributed by atoms with E-state index in [1.165, 1.54) is 5.56 Å². The first-order chi connectivity index (χ1) is 13.6. The van der Waals surface area contributed by atoms with E-state index < -0.39 is 11.3 Å². The third kappa shape index (κ3) is 6.81. The van der Waals surface area contributed by atoms with E-state index in [2.05, 4.69) is 42.7 Å². The minimum absolute atomic E-state index is 0.0616. The molecule has 6 nitrogen and oxygen atoms in total. The first-order valence-corrected chi connectivity index (χ1v) is 10.5. The molecule has 0 aliphatic carbocycles. The largest absolute Gasteiger partial charge is 0.331 e. The lowest BCUT2D eigenvalue weighted by molar-refractivity contribution is 0.249. The van der Waals surface area contributed by atoms with Gasteiger partial charge in [-0.1, -0.05) is 57.7 Å². The highest BCUT2D eigenvalue weighted by atomic mass is 32.2. The van der Waals surface area contributed by atoms with Crippen LogP contribution in [-0.4, -0.2) is 14.8 Å². The van der Waals surface area contributed by atoms with Gasteiger partial charge in [0.2, 0.25) is 11.3 Å². The van der Waals surface area contributed by atoms with Gasteiger partial charge in [0.1, 0.15) is 0 Å². The zero-order chi connectivity index (χ0) is 21.6. The van der Waals surface area contributed by atoms with Crippen molar-refractivity contribution in [3.05, 3.63) is 71.3 Å². The maximum atomic E-state index is 12.4. The molecule has 0 saturated heterocycles. The second-order valence-corrected chi connectivity index (χ2v) is 8.67. The fraction of sp³-hybridized carbons (Fsp3) is 0.318. The van der Waals surface area contributed by atoms with Crippen LogP contribution in [0.2, 0.25) is 0 Å². The number of carbonyl (C=O) groups is 1. The molecular weight excluding hydrogens is 386 g/mol. The van der Waals surface area contributed by atoms with Gasteiger partial charge < -0.3 is 10.6 Å². The Labute approximate surface area is 175 Å². The number of benzene rings is 2. The second-order valence-electron chi connectivity index (χ2n) is 7.88. The van der Waals surface area contributed by atoms with Gasteiger partial charge >= 0.3 is 6.03 Å². The summed E-state index contributed by atoms with van der Waals surface area (Å²) in [7, 11) is 0. The van der Waals surface area contributed by atoms with Gasteiger partial charge in [0.25, 0.3) is 0 Å². The highest BCUT2D eigenvalue weighted by Gasteiger charge is 2.14.